The predicted molar refractivity (Wildman–Crippen MR) is 154 cm³/mol. The van der Waals surface area contributed by atoms with Gasteiger partial charge in [-0.15, -0.1) is 0 Å². The summed E-state index contributed by atoms with van der Waals surface area (Å²) in [5.41, 5.74) is 4.48. The van der Waals surface area contributed by atoms with Gasteiger partial charge in [0.15, 0.2) is 0 Å². The maximum atomic E-state index is 11.4. The van der Waals surface area contributed by atoms with Gasteiger partial charge in [0.05, 0.1) is 11.2 Å². The first-order valence-electron chi connectivity index (χ1n) is 12.1. The number of aromatic nitrogens is 3. The van der Waals surface area contributed by atoms with Gasteiger partial charge in [0.25, 0.3) is 0 Å². The van der Waals surface area contributed by atoms with Crippen LogP contribution in [-0.2, 0) is 4.79 Å². The summed E-state index contributed by atoms with van der Waals surface area (Å²) in [4.78, 5) is 27.8. The fourth-order valence-electron chi connectivity index (χ4n) is 4.37. The minimum Gasteiger partial charge on any atom is -0.369 e. The summed E-state index contributed by atoms with van der Waals surface area (Å²) in [5.74, 6) is 1.29. The Hall–Kier alpha value is -3.31. The Morgan fingerprint density at radius 1 is 1.06 bits per heavy atom. The molecule has 8 nitrogen and oxygen atoms in total. The zero-order valence-electron chi connectivity index (χ0n) is 20.1. The fourth-order valence-corrected chi connectivity index (χ4v) is 5.02. The lowest BCUT2D eigenvalue weighted by molar-refractivity contribution is -0.114. The Bertz CT molecular complexity index is 1370. The molecule has 0 spiro atoms. The van der Waals surface area contributed by atoms with Gasteiger partial charge in [0.2, 0.25) is 11.9 Å². The first-order valence-corrected chi connectivity index (χ1v) is 13.2. The normalized spacial score (nSPS) is 13.6. The predicted octanol–water partition coefficient (Wildman–Crippen LogP) is 5.51. The molecule has 1 aliphatic rings. The van der Waals surface area contributed by atoms with E-state index in [0.29, 0.717) is 5.95 Å². The Morgan fingerprint density at radius 2 is 1.92 bits per heavy atom. The molecule has 2 aromatic heterocycles. The van der Waals surface area contributed by atoms with Crippen LogP contribution in [0.4, 0.5) is 23.1 Å². The van der Waals surface area contributed by atoms with Crippen molar-refractivity contribution in [3.05, 3.63) is 64.5 Å². The van der Waals surface area contributed by atoms with Crippen LogP contribution in [-0.4, -0.2) is 51.9 Å². The largest absolute Gasteiger partial charge is 0.369 e. The molecule has 0 atom stereocenters. The van der Waals surface area contributed by atoms with Gasteiger partial charge in [-0.3, -0.25) is 4.79 Å². The summed E-state index contributed by atoms with van der Waals surface area (Å²) in [6.45, 7) is 5.85. The van der Waals surface area contributed by atoms with Crippen molar-refractivity contribution in [2.24, 2.45) is 0 Å². The van der Waals surface area contributed by atoms with Crippen molar-refractivity contribution < 1.29 is 4.79 Å². The summed E-state index contributed by atoms with van der Waals surface area (Å²) in [5, 5.41) is 10.5. The average molecular weight is 593 g/mol. The number of hydrogen-bond acceptors (Lipinski definition) is 7. The van der Waals surface area contributed by atoms with Crippen LogP contribution >= 0.6 is 22.6 Å². The summed E-state index contributed by atoms with van der Waals surface area (Å²) in [6.07, 6.45) is 6.34. The summed E-state index contributed by atoms with van der Waals surface area (Å²) in [6, 6.07) is 15.9. The number of carbonyl (C=O) groups is 1. The molecule has 3 N–H and O–H groups in total. The summed E-state index contributed by atoms with van der Waals surface area (Å²) >= 11 is 2.20. The molecule has 2 aromatic carbocycles. The number of likely N-dealkylation sites (tertiary alicyclic amines) is 1. The van der Waals surface area contributed by atoms with Crippen molar-refractivity contribution in [1.82, 2.24) is 19.9 Å². The van der Waals surface area contributed by atoms with Crippen LogP contribution in [0.3, 0.4) is 0 Å². The van der Waals surface area contributed by atoms with E-state index in [2.05, 4.69) is 65.5 Å². The first kappa shape index (κ1) is 24.4. The molecule has 1 aliphatic heterocycles. The number of carbonyl (C=O) groups excluding carboxylic acids is 1. The van der Waals surface area contributed by atoms with E-state index in [0.717, 1.165) is 55.9 Å². The highest BCUT2D eigenvalue weighted by atomic mass is 127. The van der Waals surface area contributed by atoms with E-state index in [9.17, 15) is 4.79 Å². The molecular weight excluding hydrogens is 565 g/mol. The fraction of sp³-hybridized carbons (Fsp3) is 0.259. The molecule has 3 heterocycles. The van der Waals surface area contributed by atoms with Crippen LogP contribution in [0.5, 0.6) is 0 Å². The first-order chi connectivity index (χ1) is 17.5. The maximum Gasteiger partial charge on any atom is 0.227 e. The molecular formula is C27H28IN7O. The van der Waals surface area contributed by atoms with Gasteiger partial charge in [-0.1, -0.05) is 18.2 Å². The Balaban J connectivity index is 1.32. The third kappa shape index (κ3) is 5.90. The number of rotatable bonds is 8. The summed E-state index contributed by atoms with van der Waals surface area (Å²) < 4.78 is 0.925. The number of nitrogens with zero attached hydrogens (tertiary/aromatic N) is 4. The Labute approximate surface area is 224 Å². The van der Waals surface area contributed by atoms with Crippen molar-refractivity contribution in [2.75, 3.05) is 42.1 Å². The van der Waals surface area contributed by atoms with Crippen molar-refractivity contribution in [2.45, 2.75) is 19.8 Å². The van der Waals surface area contributed by atoms with Gasteiger partial charge >= 0.3 is 0 Å². The third-order valence-electron chi connectivity index (χ3n) is 6.15. The van der Waals surface area contributed by atoms with Gasteiger partial charge in [-0.25, -0.2) is 15.0 Å². The van der Waals surface area contributed by atoms with Gasteiger partial charge in [-0.05, 0) is 78.9 Å². The molecule has 0 radical (unpaired) electrons. The number of amides is 1. The zero-order chi connectivity index (χ0) is 24.9. The van der Waals surface area contributed by atoms with E-state index in [1.807, 2.05) is 48.8 Å². The highest BCUT2D eigenvalue weighted by molar-refractivity contribution is 14.1. The van der Waals surface area contributed by atoms with Crippen molar-refractivity contribution in [3.63, 3.8) is 0 Å². The second-order valence-electron chi connectivity index (χ2n) is 8.85. The second-order valence-corrected chi connectivity index (χ2v) is 10.0. The van der Waals surface area contributed by atoms with Crippen LogP contribution in [0, 0.1) is 3.57 Å². The van der Waals surface area contributed by atoms with E-state index >= 15 is 0 Å². The maximum absolute atomic E-state index is 11.4. The van der Waals surface area contributed by atoms with E-state index in [1.165, 1.54) is 32.9 Å². The van der Waals surface area contributed by atoms with Crippen molar-refractivity contribution in [3.8, 4) is 11.1 Å². The number of fused-ring (bicyclic) bond motifs is 1. The van der Waals surface area contributed by atoms with Crippen LogP contribution in [0.15, 0.2) is 60.9 Å². The van der Waals surface area contributed by atoms with Gasteiger partial charge in [0.1, 0.15) is 5.82 Å². The zero-order valence-corrected chi connectivity index (χ0v) is 22.2. The lowest BCUT2D eigenvalue weighted by atomic mass is 10.0. The summed E-state index contributed by atoms with van der Waals surface area (Å²) in [7, 11) is 0. The van der Waals surface area contributed by atoms with Gasteiger partial charge in [-0.2, -0.15) is 0 Å². The molecule has 36 heavy (non-hydrogen) atoms. The highest BCUT2D eigenvalue weighted by Gasteiger charge is 2.11. The van der Waals surface area contributed by atoms with E-state index in [4.69, 9.17) is 4.98 Å². The molecule has 0 bridgehead atoms. The van der Waals surface area contributed by atoms with Crippen molar-refractivity contribution in [1.29, 1.82) is 0 Å². The third-order valence-corrected chi connectivity index (χ3v) is 7.05. The minimum absolute atomic E-state index is 0.0978. The monoisotopic (exact) mass is 593 g/mol. The molecule has 9 heteroatoms. The molecule has 1 amide bonds. The SMILES string of the molecule is CC(=O)Nc1ccc(Nc2ncc3cccc(-c4ccc(NCCN5CCCC5)nc4)c3n2)cc1I. The van der Waals surface area contributed by atoms with E-state index in [1.54, 1.807) is 0 Å². The van der Waals surface area contributed by atoms with Gasteiger partial charge in [0, 0.05) is 58.2 Å². The van der Waals surface area contributed by atoms with E-state index in [-0.39, 0.29) is 5.91 Å². The second kappa shape index (κ2) is 11.2. The van der Waals surface area contributed by atoms with Gasteiger partial charge < -0.3 is 20.9 Å². The number of nitrogens with one attached hydrogen (secondary N) is 3. The molecule has 1 saturated heterocycles. The number of benzene rings is 2. The number of halogens is 1. The number of para-hydroxylation sites is 1. The molecule has 1 fully saturated rings. The highest BCUT2D eigenvalue weighted by Crippen LogP contribution is 2.29. The molecule has 0 saturated carbocycles. The van der Waals surface area contributed by atoms with Crippen molar-refractivity contribution >= 4 is 62.5 Å². The average Bonchev–Trinajstić information content (AvgIpc) is 3.39. The number of anilines is 4. The molecule has 184 valence electrons. The molecule has 0 unspecified atom stereocenters. The quantitative estimate of drug-likeness (QED) is 0.232. The smallest absolute Gasteiger partial charge is 0.227 e. The number of pyridine rings is 1. The molecule has 0 aliphatic carbocycles. The molecule has 4 aromatic rings. The van der Waals surface area contributed by atoms with E-state index < -0.39 is 0 Å². The topological polar surface area (TPSA) is 95.1 Å². The Kier molecular flexibility index (Phi) is 7.57. The van der Waals surface area contributed by atoms with Crippen LogP contribution in [0.1, 0.15) is 19.8 Å². The lowest BCUT2D eigenvalue weighted by Gasteiger charge is -2.15. The minimum atomic E-state index is -0.0978. The molecule has 5 rings (SSSR count). The van der Waals surface area contributed by atoms with Crippen LogP contribution < -0.4 is 16.0 Å². The van der Waals surface area contributed by atoms with Crippen LogP contribution in [0.25, 0.3) is 22.0 Å². The van der Waals surface area contributed by atoms with Crippen LogP contribution in [0.2, 0.25) is 0 Å². The Morgan fingerprint density at radius 3 is 2.67 bits per heavy atom. The number of hydrogen-bond donors (Lipinski definition) is 3. The lowest BCUT2D eigenvalue weighted by Crippen LogP contribution is -2.26. The standard InChI is InChI=1S/C27H28IN7O/c1-18(36)32-24-9-8-21(15-23(24)28)33-27-31-17-20-5-4-6-22(26(20)34-27)19-7-10-25(30-16-19)29-11-14-35-12-2-3-13-35/h4-10,15-17H,2-3,11-14H2,1H3,(H,29,30)(H,32,36)(H,31,33,34).